The Labute approximate surface area is 108 Å². The van der Waals surface area contributed by atoms with Crippen LogP contribution in [0, 0.1) is 11.8 Å². The zero-order valence-corrected chi connectivity index (χ0v) is 11.0. The largest absolute Gasteiger partial charge is 0.330 e. The molecule has 0 amide bonds. The highest BCUT2D eigenvalue weighted by molar-refractivity contribution is 4.91. The van der Waals surface area contributed by atoms with E-state index in [1.165, 1.54) is 32.2 Å². The van der Waals surface area contributed by atoms with Crippen LogP contribution < -0.4 is 5.73 Å². The van der Waals surface area contributed by atoms with Crippen LogP contribution in [0.15, 0.2) is 6.33 Å². The van der Waals surface area contributed by atoms with Crippen LogP contribution in [-0.2, 0) is 13.1 Å². The van der Waals surface area contributed by atoms with Gasteiger partial charge in [0, 0.05) is 19.6 Å². The lowest BCUT2D eigenvalue weighted by molar-refractivity contribution is 0.130. The van der Waals surface area contributed by atoms with Crippen molar-refractivity contribution in [3.8, 4) is 0 Å². The summed E-state index contributed by atoms with van der Waals surface area (Å²) < 4.78 is 2.16. The quantitative estimate of drug-likeness (QED) is 0.863. The molecule has 0 radical (unpaired) electrons. The van der Waals surface area contributed by atoms with Crippen LogP contribution in [-0.4, -0.2) is 39.3 Å². The maximum atomic E-state index is 5.91. The van der Waals surface area contributed by atoms with E-state index in [9.17, 15) is 0 Å². The molecule has 5 nitrogen and oxygen atoms in total. The first-order valence-electron chi connectivity index (χ1n) is 7.16. The Morgan fingerprint density at radius 3 is 2.89 bits per heavy atom. The van der Waals surface area contributed by atoms with Gasteiger partial charge in [0.05, 0.1) is 6.54 Å². The molecule has 1 saturated carbocycles. The number of nitrogens with zero attached hydrogens (tertiary/aromatic N) is 4. The first kappa shape index (κ1) is 12.1. The smallest absolute Gasteiger partial charge is 0.147 e. The first-order chi connectivity index (χ1) is 8.86. The first-order valence-corrected chi connectivity index (χ1v) is 7.16. The molecule has 0 bridgehead atoms. The van der Waals surface area contributed by atoms with E-state index < -0.39 is 0 Å². The minimum absolute atomic E-state index is 0.735. The average molecular weight is 249 g/mol. The molecular formula is C13H23N5. The maximum Gasteiger partial charge on any atom is 0.147 e. The molecule has 0 spiro atoms. The summed E-state index contributed by atoms with van der Waals surface area (Å²) >= 11 is 0. The summed E-state index contributed by atoms with van der Waals surface area (Å²) in [6.07, 6.45) is 7.27. The van der Waals surface area contributed by atoms with Gasteiger partial charge in [-0.1, -0.05) is 12.8 Å². The van der Waals surface area contributed by atoms with Crippen LogP contribution >= 0.6 is 0 Å². The molecule has 2 atom stereocenters. The van der Waals surface area contributed by atoms with Crippen LogP contribution in [0.5, 0.6) is 0 Å². The maximum absolute atomic E-state index is 5.91. The van der Waals surface area contributed by atoms with Gasteiger partial charge in [-0.05, 0) is 31.2 Å². The van der Waals surface area contributed by atoms with Crippen molar-refractivity contribution in [1.82, 2.24) is 19.7 Å². The van der Waals surface area contributed by atoms with Crippen molar-refractivity contribution >= 4 is 0 Å². The van der Waals surface area contributed by atoms with Gasteiger partial charge in [0.25, 0.3) is 0 Å². The Balaban J connectivity index is 1.60. The van der Waals surface area contributed by atoms with Gasteiger partial charge in [0.15, 0.2) is 0 Å². The van der Waals surface area contributed by atoms with Crippen molar-refractivity contribution in [2.24, 2.45) is 17.6 Å². The van der Waals surface area contributed by atoms with Gasteiger partial charge in [-0.2, -0.15) is 0 Å². The zero-order chi connectivity index (χ0) is 12.4. The lowest BCUT2D eigenvalue weighted by atomic mass is 9.79. The van der Waals surface area contributed by atoms with Gasteiger partial charge in [0.1, 0.15) is 12.2 Å². The van der Waals surface area contributed by atoms with E-state index in [4.69, 9.17) is 5.73 Å². The normalized spacial score (nSPS) is 29.2. The highest BCUT2D eigenvalue weighted by atomic mass is 15.3. The van der Waals surface area contributed by atoms with Crippen LogP contribution in [0.2, 0.25) is 0 Å². The van der Waals surface area contributed by atoms with Crippen molar-refractivity contribution in [2.45, 2.75) is 38.8 Å². The second-order valence-corrected chi connectivity index (χ2v) is 5.72. The van der Waals surface area contributed by atoms with E-state index in [1.54, 1.807) is 0 Å². The highest BCUT2D eigenvalue weighted by Crippen LogP contribution is 2.30. The summed E-state index contributed by atoms with van der Waals surface area (Å²) in [7, 11) is 0. The molecule has 1 aromatic rings. The predicted molar refractivity (Wildman–Crippen MR) is 69.8 cm³/mol. The van der Waals surface area contributed by atoms with E-state index >= 15 is 0 Å². The molecule has 1 fully saturated rings. The van der Waals surface area contributed by atoms with Crippen LogP contribution in [0.1, 0.15) is 31.5 Å². The third kappa shape index (κ3) is 2.42. The molecule has 2 heterocycles. The van der Waals surface area contributed by atoms with Gasteiger partial charge in [0.2, 0.25) is 0 Å². The summed E-state index contributed by atoms with van der Waals surface area (Å²) in [6, 6.07) is 0. The van der Waals surface area contributed by atoms with Crippen LogP contribution in [0.25, 0.3) is 0 Å². The fourth-order valence-corrected chi connectivity index (χ4v) is 3.44. The minimum Gasteiger partial charge on any atom is -0.330 e. The molecule has 3 rings (SSSR count). The molecule has 2 aliphatic rings. The van der Waals surface area contributed by atoms with Crippen molar-refractivity contribution < 1.29 is 0 Å². The summed E-state index contributed by atoms with van der Waals surface area (Å²) in [4.78, 5) is 2.53. The van der Waals surface area contributed by atoms with E-state index in [2.05, 4.69) is 19.7 Å². The fraction of sp³-hybridized carbons (Fsp3) is 0.846. The monoisotopic (exact) mass is 249 g/mol. The molecule has 1 aliphatic carbocycles. The predicted octanol–water partition coefficient (Wildman–Crippen LogP) is 0.859. The third-order valence-corrected chi connectivity index (χ3v) is 4.58. The molecule has 5 heteroatoms. The number of nitrogens with two attached hydrogens (primary N) is 1. The van der Waals surface area contributed by atoms with E-state index in [-0.39, 0.29) is 0 Å². The van der Waals surface area contributed by atoms with Gasteiger partial charge >= 0.3 is 0 Å². The van der Waals surface area contributed by atoms with Crippen LogP contribution in [0.4, 0.5) is 0 Å². The topological polar surface area (TPSA) is 60.0 Å². The highest BCUT2D eigenvalue weighted by Gasteiger charge is 2.27. The second-order valence-electron chi connectivity index (χ2n) is 5.72. The van der Waals surface area contributed by atoms with E-state index in [0.717, 1.165) is 43.8 Å². The van der Waals surface area contributed by atoms with Crippen molar-refractivity contribution in [3.63, 3.8) is 0 Å². The summed E-state index contributed by atoms with van der Waals surface area (Å²) in [5, 5.41) is 8.17. The lowest BCUT2D eigenvalue weighted by Gasteiger charge is -2.36. The second kappa shape index (κ2) is 5.36. The van der Waals surface area contributed by atoms with Crippen molar-refractivity contribution in [1.29, 1.82) is 0 Å². The fourth-order valence-electron chi connectivity index (χ4n) is 3.44. The van der Waals surface area contributed by atoms with E-state index in [0.29, 0.717) is 0 Å². The number of aromatic nitrogens is 3. The molecule has 2 unspecified atom stereocenters. The Bertz CT molecular complexity index is 388. The summed E-state index contributed by atoms with van der Waals surface area (Å²) in [6.45, 7) is 5.15. The van der Waals surface area contributed by atoms with Crippen molar-refractivity contribution in [2.75, 3.05) is 19.6 Å². The lowest BCUT2D eigenvalue weighted by Crippen LogP contribution is -2.40. The standard InChI is InChI=1S/C13H23N5/c14-7-11-3-1-2-4-12(11)8-17-5-6-18-10-15-16-13(18)9-17/h10-12H,1-9,14H2. The molecule has 1 aliphatic heterocycles. The molecule has 2 N–H and O–H groups in total. The summed E-state index contributed by atoms with van der Waals surface area (Å²) in [5.74, 6) is 2.64. The number of fused-ring (bicyclic) bond motifs is 1. The minimum atomic E-state index is 0.735. The Morgan fingerprint density at radius 2 is 2.06 bits per heavy atom. The SMILES string of the molecule is NCC1CCCCC1CN1CCn2cnnc2C1. The zero-order valence-electron chi connectivity index (χ0n) is 11.0. The van der Waals surface area contributed by atoms with Gasteiger partial charge in [-0.3, -0.25) is 4.90 Å². The van der Waals surface area contributed by atoms with Gasteiger partial charge < -0.3 is 10.3 Å². The van der Waals surface area contributed by atoms with Gasteiger partial charge in [-0.15, -0.1) is 10.2 Å². The molecule has 18 heavy (non-hydrogen) atoms. The average Bonchev–Trinajstić information content (AvgIpc) is 2.87. The molecule has 0 saturated heterocycles. The van der Waals surface area contributed by atoms with Crippen LogP contribution in [0.3, 0.4) is 0 Å². The Kier molecular flexibility index (Phi) is 3.61. The molecule has 0 aromatic carbocycles. The molecular weight excluding hydrogens is 226 g/mol. The number of rotatable bonds is 3. The van der Waals surface area contributed by atoms with Crippen molar-refractivity contribution in [3.05, 3.63) is 12.2 Å². The van der Waals surface area contributed by atoms with Gasteiger partial charge in [-0.25, -0.2) is 0 Å². The Hall–Kier alpha value is -0.940. The molecule has 100 valence electrons. The molecule has 1 aromatic heterocycles. The Morgan fingerprint density at radius 1 is 1.22 bits per heavy atom. The number of hydrogen-bond donors (Lipinski definition) is 1. The number of hydrogen-bond acceptors (Lipinski definition) is 4. The third-order valence-electron chi connectivity index (χ3n) is 4.58. The summed E-state index contributed by atoms with van der Waals surface area (Å²) in [5.41, 5.74) is 5.91. The van der Waals surface area contributed by atoms with E-state index in [1.807, 2.05) is 6.33 Å².